The van der Waals surface area contributed by atoms with E-state index < -0.39 is 0 Å². The summed E-state index contributed by atoms with van der Waals surface area (Å²) in [7, 11) is 0. The van der Waals surface area contributed by atoms with Crippen molar-refractivity contribution in [2.45, 2.75) is 65.2 Å². The van der Waals surface area contributed by atoms with Gasteiger partial charge in [0.2, 0.25) is 0 Å². The fourth-order valence-electron chi connectivity index (χ4n) is 7.88. The molecule has 3 nitrogen and oxygen atoms in total. The molecule has 2 saturated carbocycles. The van der Waals surface area contributed by atoms with Crippen molar-refractivity contribution in [3.63, 3.8) is 0 Å². The van der Waals surface area contributed by atoms with E-state index in [1.165, 1.54) is 48.9 Å². The summed E-state index contributed by atoms with van der Waals surface area (Å²) in [5, 5.41) is 0. The van der Waals surface area contributed by atoms with E-state index in [0.717, 1.165) is 36.6 Å². The number of aromatic nitrogens is 2. The van der Waals surface area contributed by atoms with E-state index in [1.807, 2.05) is 12.4 Å². The van der Waals surface area contributed by atoms with Crippen molar-refractivity contribution >= 4 is 22.5 Å². The van der Waals surface area contributed by atoms with Crippen molar-refractivity contribution in [2.75, 3.05) is 0 Å². The molecular formula is C27H32N2O. The molecule has 0 aliphatic heterocycles. The van der Waals surface area contributed by atoms with E-state index in [1.54, 1.807) is 0 Å². The number of para-hydroxylation sites is 2. The highest BCUT2D eigenvalue weighted by atomic mass is 16.1. The molecule has 3 heteroatoms. The van der Waals surface area contributed by atoms with Crippen LogP contribution in [0.15, 0.2) is 48.3 Å². The Kier molecular flexibility index (Phi) is 3.98. The highest BCUT2D eigenvalue weighted by Gasteiger charge is 2.57. The Labute approximate surface area is 179 Å². The maximum absolute atomic E-state index is 12.3. The SMILES string of the molecule is C[C@]12CCCC(=O)C=C1CCC1C2CC[C@]2(C)C(n3cnc4ccccc43)=CCC12. The molecule has 1 aromatic carbocycles. The minimum atomic E-state index is 0.225. The molecule has 1 heterocycles. The lowest BCUT2D eigenvalue weighted by Gasteiger charge is -2.57. The molecule has 2 fully saturated rings. The topological polar surface area (TPSA) is 34.9 Å². The first-order valence-corrected chi connectivity index (χ1v) is 11.9. The number of rotatable bonds is 1. The number of carbonyl (C=O) groups is 1. The van der Waals surface area contributed by atoms with Gasteiger partial charge in [0.05, 0.1) is 11.0 Å². The third-order valence-electron chi connectivity index (χ3n) is 9.44. The third kappa shape index (κ3) is 2.44. The van der Waals surface area contributed by atoms with Gasteiger partial charge in [-0.25, -0.2) is 4.98 Å². The zero-order valence-corrected chi connectivity index (χ0v) is 18.2. The van der Waals surface area contributed by atoms with Crippen molar-refractivity contribution in [3.05, 3.63) is 48.3 Å². The van der Waals surface area contributed by atoms with Crippen LogP contribution in [-0.2, 0) is 4.79 Å². The van der Waals surface area contributed by atoms with E-state index >= 15 is 0 Å². The maximum atomic E-state index is 12.3. The summed E-state index contributed by atoms with van der Waals surface area (Å²) in [5.74, 6) is 2.57. The second-order valence-corrected chi connectivity index (χ2v) is 10.7. The predicted octanol–water partition coefficient (Wildman–Crippen LogP) is 6.41. The van der Waals surface area contributed by atoms with Gasteiger partial charge in [-0.15, -0.1) is 0 Å². The molecule has 30 heavy (non-hydrogen) atoms. The Morgan fingerprint density at radius 1 is 1.03 bits per heavy atom. The van der Waals surface area contributed by atoms with Crippen molar-refractivity contribution in [1.29, 1.82) is 0 Å². The minimum Gasteiger partial charge on any atom is -0.302 e. The maximum Gasteiger partial charge on any atom is 0.155 e. The van der Waals surface area contributed by atoms with Crippen molar-refractivity contribution in [1.82, 2.24) is 9.55 Å². The van der Waals surface area contributed by atoms with Crippen LogP contribution in [0, 0.1) is 28.6 Å². The monoisotopic (exact) mass is 400 g/mol. The Morgan fingerprint density at radius 3 is 2.80 bits per heavy atom. The average Bonchev–Trinajstić information content (AvgIpc) is 3.26. The zero-order valence-electron chi connectivity index (χ0n) is 18.2. The van der Waals surface area contributed by atoms with Gasteiger partial charge < -0.3 is 4.57 Å². The fourth-order valence-corrected chi connectivity index (χ4v) is 7.88. The van der Waals surface area contributed by atoms with E-state index in [9.17, 15) is 4.79 Å². The van der Waals surface area contributed by atoms with Crippen LogP contribution in [0.3, 0.4) is 0 Å². The average molecular weight is 401 g/mol. The molecule has 0 amide bonds. The zero-order chi connectivity index (χ0) is 20.5. The number of fused-ring (bicyclic) bond motifs is 6. The lowest BCUT2D eigenvalue weighted by atomic mass is 9.48. The van der Waals surface area contributed by atoms with Crippen LogP contribution in [-0.4, -0.2) is 15.3 Å². The molecule has 0 N–H and O–H groups in total. The number of ketones is 1. The van der Waals surface area contributed by atoms with E-state index in [0.29, 0.717) is 11.7 Å². The Balaban J connectivity index is 1.36. The molecule has 0 spiro atoms. The van der Waals surface area contributed by atoms with Crippen LogP contribution in [0.25, 0.3) is 16.7 Å². The van der Waals surface area contributed by atoms with Gasteiger partial charge in [0.1, 0.15) is 6.33 Å². The summed E-state index contributed by atoms with van der Waals surface area (Å²) in [5.41, 5.74) is 5.73. The van der Waals surface area contributed by atoms with Crippen molar-refractivity contribution < 1.29 is 4.79 Å². The van der Waals surface area contributed by atoms with Gasteiger partial charge in [0, 0.05) is 17.5 Å². The van der Waals surface area contributed by atoms with Gasteiger partial charge >= 0.3 is 0 Å². The molecule has 4 aliphatic rings. The molecule has 4 aliphatic carbocycles. The summed E-state index contributed by atoms with van der Waals surface area (Å²) in [6.45, 7) is 5.01. The Morgan fingerprint density at radius 2 is 1.90 bits per heavy atom. The molecule has 5 atom stereocenters. The second kappa shape index (κ2) is 6.42. The molecule has 0 bridgehead atoms. The minimum absolute atomic E-state index is 0.225. The van der Waals surface area contributed by atoms with Gasteiger partial charge in [-0.1, -0.05) is 37.6 Å². The summed E-state index contributed by atoms with van der Waals surface area (Å²) in [4.78, 5) is 16.9. The van der Waals surface area contributed by atoms with E-state index in [2.05, 4.69) is 53.7 Å². The smallest absolute Gasteiger partial charge is 0.155 e. The Bertz CT molecular complexity index is 1090. The molecule has 3 unspecified atom stereocenters. The first-order chi connectivity index (χ1) is 14.5. The number of carbonyl (C=O) groups excluding carboxylic acids is 1. The normalized spacial score (nSPS) is 38.3. The van der Waals surface area contributed by atoms with Crippen LogP contribution in [0.4, 0.5) is 0 Å². The predicted molar refractivity (Wildman–Crippen MR) is 121 cm³/mol. The van der Waals surface area contributed by atoms with E-state index in [-0.39, 0.29) is 10.8 Å². The second-order valence-electron chi connectivity index (χ2n) is 10.7. The van der Waals surface area contributed by atoms with Gasteiger partial charge in [0.15, 0.2) is 5.78 Å². The van der Waals surface area contributed by atoms with Gasteiger partial charge in [-0.05, 0) is 86.3 Å². The molecule has 0 radical (unpaired) electrons. The van der Waals surface area contributed by atoms with Crippen LogP contribution in [0.1, 0.15) is 65.2 Å². The fraction of sp³-hybridized carbons (Fsp3) is 0.556. The molecule has 156 valence electrons. The number of hydrogen-bond acceptors (Lipinski definition) is 2. The molecule has 2 aromatic rings. The summed E-state index contributed by atoms with van der Waals surface area (Å²) in [6.07, 6.45) is 15.7. The lowest BCUT2D eigenvalue weighted by Crippen LogP contribution is -2.49. The molecule has 1 aromatic heterocycles. The molecule has 0 saturated heterocycles. The highest BCUT2D eigenvalue weighted by Crippen LogP contribution is 2.65. The van der Waals surface area contributed by atoms with Crippen LogP contribution in [0.5, 0.6) is 0 Å². The first kappa shape index (κ1) is 18.6. The Hall–Kier alpha value is -2.16. The van der Waals surface area contributed by atoms with Crippen LogP contribution < -0.4 is 0 Å². The number of hydrogen-bond donors (Lipinski definition) is 0. The van der Waals surface area contributed by atoms with Crippen LogP contribution in [0.2, 0.25) is 0 Å². The first-order valence-electron chi connectivity index (χ1n) is 11.9. The highest BCUT2D eigenvalue weighted by molar-refractivity contribution is 5.90. The molecular weight excluding hydrogens is 368 g/mol. The summed E-state index contributed by atoms with van der Waals surface area (Å²) >= 11 is 0. The molecule has 6 rings (SSSR count). The largest absolute Gasteiger partial charge is 0.302 e. The number of imidazole rings is 1. The third-order valence-corrected chi connectivity index (χ3v) is 9.44. The number of benzene rings is 1. The number of allylic oxidation sites excluding steroid dienone is 4. The van der Waals surface area contributed by atoms with Crippen molar-refractivity contribution in [2.24, 2.45) is 28.6 Å². The summed E-state index contributed by atoms with van der Waals surface area (Å²) < 4.78 is 2.37. The van der Waals surface area contributed by atoms with Crippen LogP contribution >= 0.6 is 0 Å². The quantitative estimate of drug-likeness (QED) is 0.554. The van der Waals surface area contributed by atoms with Gasteiger partial charge in [-0.3, -0.25) is 4.79 Å². The standard InChI is InChI=1S/C27H32N2O/c1-26-14-5-6-19(30)16-18(26)9-10-20-21-11-12-25(27(21,2)15-13-22(20)26)29-17-28-23-7-3-4-8-24(23)29/h3-4,7-8,12,16-17,20-22H,5-6,9-11,13-15H2,1-2H3/t20?,21?,22?,26-,27-/m0/s1. The summed E-state index contributed by atoms with van der Waals surface area (Å²) in [6, 6.07) is 8.51. The van der Waals surface area contributed by atoms with E-state index in [4.69, 9.17) is 0 Å². The van der Waals surface area contributed by atoms with Crippen molar-refractivity contribution in [3.8, 4) is 0 Å². The van der Waals surface area contributed by atoms with Gasteiger partial charge in [0.25, 0.3) is 0 Å². The number of nitrogens with zero attached hydrogens (tertiary/aromatic N) is 2. The van der Waals surface area contributed by atoms with Gasteiger partial charge in [-0.2, -0.15) is 0 Å². The lowest BCUT2D eigenvalue weighted by molar-refractivity contribution is -0.114.